The molecule has 1 aromatic heterocycles. The fourth-order valence-corrected chi connectivity index (χ4v) is 3.02. The van der Waals surface area contributed by atoms with E-state index in [1.165, 1.54) is 25.1 Å². The van der Waals surface area contributed by atoms with Gasteiger partial charge in [-0.2, -0.15) is 0 Å². The molecule has 8 heteroatoms. The standard InChI is InChI=1S/C20H21F2N3O3/c1-13(26)23-11-20(27)25-8-9-28-19(12-25)18-7-2-4-14(24-18)10-15-16(21)5-3-6-17(15)22/h2-7,19H,8-12H2,1H3,(H,23,26). The van der Waals surface area contributed by atoms with Gasteiger partial charge in [0.2, 0.25) is 11.8 Å². The van der Waals surface area contributed by atoms with Crippen molar-refractivity contribution in [3.63, 3.8) is 0 Å². The van der Waals surface area contributed by atoms with E-state index in [0.717, 1.165) is 0 Å². The van der Waals surface area contributed by atoms with Gasteiger partial charge in [0, 0.05) is 31.1 Å². The molecule has 1 aromatic carbocycles. The van der Waals surface area contributed by atoms with E-state index in [1.54, 1.807) is 23.1 Å². The van der Waals surface area contributed by atoms with Crippen molar-refractivity contribution in [2.45, 2.75) is 19.4 Å². The fourth-order valence-electron chi connectivity index (χ4n) is 3.02. The molecule has 6 nitrogen and oxygen atoms in total. The number of hydrogen-bond acceptors (Lipinski definition) is 4. The van der Waals surface area contributed by atoms with Crippen LogP contribution in [-0.4, -0.2) is 47.9 Å². The third kappa shape index (κ3) is 4.89. The third-order valence-corrected chi connectivity index (χ3v) is 4.49. The molecule has 1 aliphatic rings. The average molecular weight is 389 g/mol. The number of nitrogens with zero attached hydrogens (tertiary/aromatic N) is 2. The molecule has 0 saturated carbocycles. The Hall–Kier alpha value is -2.87. The van der Waals surface area contributed by atoms with Gasteiger partial charge in [-0.1, -0.05) is 12.1 Å². The molecule has 2 amide bonds. The molecule has 3 rings (SSSR count). The van der Waals surface area contributed by atoms with E-state index in [4.69, 9.17) is 4.74 Å². The predicted octanol–water partition coefficient (Wildman–Crippen LogP) is 1.99. The smallest absolute Gasteiger partial charge is 0.242 e. The van der Waals surface area contributed by atoms with Gasteiger partial charge in [-0.25, -0.2) is 8.78 Å². The lowest BCUT2D eigenvalue weighted by Gasteiger charge is -2.32. The van der Waals surface area contributed by atoms with E-state index in [1.807, 2.05) is 0 Å². The monoisotopic (exact) mass is 389 g/mol. The minimum absolute atomic E-state index is 0.0181. The summed E-state index contributed by atoms with van der Waals surface area (Å²) in [6.07, 6.45) is -0.426. The van der Waals surface area contributed by atoms with Crippen LogP contribution in [0.4, 0.5) is 8.78 Å². The Kier molecular flexibility index (Phi) is 6.30. The molecule has 0 spiro atoms. The number of carbonyl (C=O) groups is 2. The molecular formula is C20H21F2N3O3. The lowest BCUT2D eigenvalue weighted by Crippen LogP contribution is -2.46. The summed E-state index contributed by atoms with van der Waals surface area (Å²) in [5, 5.41) is 2.49. The number of hydrogen-bond donors (Lipinski definition) is 1. The summed E-state index contributed by atoms with van der Waals surface area (Å²) in [7, 11) is 0. The Morgan fingerprint density at radius 2 is 1.93 bits per heavy atom. The first-order valence-electron chi connectivity index (χ1n) is 8.96. The summed E-state index contributed by atoms with van der Waals surface area (Å²) in [5.41, 5.74) is 1.06. The number of rotatable bonds is 5. The number of aromatic nitrogens is 1. The van der Waals surface area contributed by atoms with Crippen molar-refractivity contribution in [2.24, 2.45) is 0 Å². The van der Waals surface area contributed by atoms with E-state index in [9.17, 15) is 18.4 Å². The van der Waals surface area contributed by atoms with Gasteiger partial charge in [0.15, 0.2) is 0 Å². The zero-order chi connectivity index (χ0) is 20.1. The molecule has 28 heavy (non-hydrogen) atoms. The molecule has 148 valence electrons. The summed E-state index contributed by atoms with van der Waals surface area (Å²) >= 11 is 0. The number of halogens is 2. The van der Waals surface area contributed by atoms with Crippen molar-refractivity contribution in [3.05, 3.63) is 65.0 Å². The van der Waals surface area contributed by atoms with E-state index in [0.29, 0.717) is 31.1 Å². The van der Waals surface area contributed by atoms with Crippen molar-refractivity contribution < 1.29 is 23.1 Å². The zero-order valence-corrected chi connectivity index (χ0v) is 15.5. The molecule has 0 radical (unpaired) electrons. The van der Waals surface area contributed by atoms with E-state index >= 15 is 0 Å². The Morgan fingerprint density at radius 3 is 2.64 bits per heavy atom. The summed E-state index contributed by atoms with van der Waals surface area (Å²) in [6, 6.07) is 8.94. The number of morpholine rings is 1. The topological polar surface area (TPSA) is 71.5 Å². The first-order valence-corrected chi connectivity index (χ1v) is 8.96. The quantitative estimate of drug-likeness (QED) is 0.849. The fraction of sp³-hybridized carbons (Fsp3) is 0.350. The Bertz CT molecular complexity index is 855. The van der Waals surface area contributed by atoms with Crippen LogP contribution in [0.3, 0.4) is 0 Å². The first kappa shape index (κ1) is 19.9. The maximum atomic E-state index is 13.9. The predicted molar refractivity (Wildman–Crippen MR) is 97.4 cm³/mol. The van der Waals surface area contributed by atoms with Gasteiger partial charge in [-0.3, -0.25) is 14.6 Å². The summed E-state index contributed by atoms with van der Waals surface area (Å²) in [5.74, 6) is -1.70. The molecule has 2 heterocycles. The van der Waals surface area contributed by atoms with Crippen LogP contribution >= 0.6 is 0 Å². The van der Waals surface area contributed by atoms with Crippen LogP contribution in [0.25, 0.3) is 0 Å². The van der Waals surface area contributed by atoms with Gasteiger partial charge in [-0.05, 0) is 24.3 Å². The lowest BCUT2D eigenvalue weighted by molar-refractivity contribution is -0.139. The number of benzene rings is 1. The van der Waals surface area contributed by atoms with Crippen LogP contribution in [0, 0.1) is 11.6 Å². The zero-order valence-electron chi connectivity index (χ0n) is 15.5. The minimum Gasteiger partial charge on any atom is -0.368 e. The number of amides is 2. The first-order chi connectivity index (χ1) is 13.4. The summed E-state index contributed by atoms with van der Waals surface area (Å²) in [6.45, 7) is 2.34. The highest BCUT2D eigenvalue weighted by Gasteiger charge is 2.26. The van der Waals surface area contributed by atoms with Crippen molar-refractivity contribution in [1.82, 2.24) is 15.2 Å². The van der Waals surface area contributed by atoms with Gasteiger partial charge in [0.05, 0.1) is 25.4 Å². The Morgan fingerprint density at radius 1 is 1.21 bits per heavy atom. The number of ether oxygens (including phenoxy) is 1. The molecule has 0 bridgehead atoms. The molecular weight excluding hydrogens is 368 g/mol. The van der Waals surface area contributed by atoms with Gasteiger partial charge in [-0.15, -0.1) is 0 Å². The van der Waals surface area contributed by atoms with Crippen LogP contribution in [-0.2, 0) is 20.7 Å². The van der Waals surface area contributed by atoms with Crippen LogP contribution in [0.15, 0.2) is 36.4 Å². The van der Waals surface area contributed by atoms with Crippen molar-refractivity contribution in [2.75, 3.05) is 26.2 Å². The van der Waals surface area contributed by atoms with Gasteiger partial charge >= 0.3 is 0 Å². The number of pyridine rings is 1. The second kappa shape index (κ2) is 8.88. The molecule has 1 fully saturated rings. The third-order valence-electron chi connectivity index (χ3n) is 4.49. The van der Waals surface area contributed by atoms with Crippen molar-refractivity contribution >= 4 is 11.8 Å². The molecule has 1 N–H and O–H groups in total. The maximum Gasteiger partial charge on any atom is 0.242 e. The largest absolute Gasteiger partial charge is 0.368 e. The molecule has 1 unspecified atom stereocenters. The lowest BCUT2D eigenvalue weighted by atomic mass is 10.1. The van der Waals surface area contributed by atoms with Crippen molar-refractivity contribution in [1.29, 1.82) is 0 Å². The van der Waals surface area contributed by atoms with Crippen LogP contribution < -0.4 is 5.32 Å². The van der Waals surface area contributed by atoms with Crippen LogP contribution in [0.5, 0.6) is 0 Å². The average Bonchev–Trinajstić information content (AvgIpc) is 2.69. The molecule has 2 aromatic rings. The molecule has 0 aliphatic carbocycles. The highest BCUT2D eigenvalue weighted by molar-refractivity contribution is 5.83. The highest BCUT2D eigenvalue weighted by Crippen LogP contribution is 2.22. The highest BCUT2D eigenvalue weighted by atomic mass is 19.1. The van der Waals surface area contributed by atoms with Gasteiger partial charge < -0.3 is 15.0 Å². The van der Waals surface area contributed by atoms with Gasteiger partial charge in [0.25, 0.3) is 0 Å². The molecule has 1 aliphatic heterocycles. The second-order valence-corrected chi connectivity index (χ2v) is 6.54. The molecule has 1 atom stereocenters. The van der Waals surface area contributed by atoms with Crippen LogP contribution in [0.1, 0.15) is 30.0 Å². The summed E-state index contributed by atoms with van der Waals surface area (Å²) in [4.78, 5) is 29.3. The normalized spacial score (nSPS) is 16.7. The SMILES string of the molecule is CC(=O)NCC(=O)N1CCOC(c2cccc(Cc3c(F)cccc3F)n2)C1. The van der Waals surface area contributed by atoms with E-state index in [-0.39, 0.29) is 30.3 Å². The van der Waals surface area contributed by atoms with Gasteiger partial charge in [0.1, 0.15) is 17.7 Å². The van der Waals surface area contributed by atoms with E-state index in [2.05, 4.69) is 10.3 Å². The number of nitrogens with one attached hydrogen (secondary N) is 1. The van der Waals surface area contributed by atoms with Crippen molar-refractivity contribution in [3.8, 4) is 0 Å². The second-order valence-electron chi connectivity index (χ2n) is 6.54. The maximum absolute atomic E-state index is 13.9. The Labute approximate surface area is 161 Å². The summed E-state index contributed by atoms with van der Waals surface area (Å²) < 4.78 is 33.5. The number of carbonyl (C=O) groups excluding carboxylic acids is 2. The molecule has 1 saturated heterocycles. The Balaban J connectivity index is 1.71. The van der Waals surface area contributed by atoms with Crippen LogP contribution in [0.2, 0.25) is 0 Å². The minimum atomic E-state index is -0.615. The van der Waals surface area contributed by atoms with E-state index < -0.39 is 17.7 Å².